The van der Waals surface area contributed by atoms with Crippen molar-refractivity contribution in [3.05, 3.63) is 52.7 Å². The molecule has 1 aromatic carbocycles. The molecule has 2 aromatic heterocycles. The maximum absolute atomic E-state index is 13.0. The van der Waals surface area contributed by atoms with Gasteiger partial charge in [-0.2, -0.15) is 4.52 Å². The van der Waals surface area contributed by atoms with Gasteiger partial charge >= 0.3 is 0 Å². The summed E-state index contributed by atoms with van der Waals surface area (Å²) in [5.41, 5.74) is 7.86. The zero-order valence-electron chi connectivity index (χ0n) is 18.4. The third kappa shape index (κ3) is 4.08. The third-order valence-electron chi connectivity index (χ3n) is 6.10. The Morgan fingerprint density at radius 3 is 2.94 bits per heavy atom. The predicted molar refractivity (Wildman–Crippen MR) is 124 cm³/mol. The van der Waals surface area contributed by atoms with E-state index in [4.69, 9.17) is 22.1 Å². The van der Waals surface area contributed by atoms with Gasteiger partial charge in [-0.25, -0.2) is 4.99 Å². The van der Waals surface area contributed by atoms with Crippen LogP contribution in [0.5, 0.6) is 0 Å². The fourth-order valence-electron chi connectivity index (χ4n) is 4.48. The first-order valence-corrected chi connectivity index (χ1v) is 11.3. The second-order valence-electron chi connectivity index (χ2n) is 8.36. The van der Waals surface area contributed by atoms with Gasteiger partial charge in [0, 0.05) is 18.8 Å². The Labute approximate surface area is 199 Å². The molecule has 3 aromatic rings. The minimum Gasteiger partial charge on any atom is -0.378 e. The van der Waals surface area contributed by atoms with Crippen LogP contribution in [0.15, 0.2) is 41.5 Å². The number of aromatic nitrogens is 4. The predicted octanol–water partition coefficient (Wildman–Crippen LogP) is 2.19. The van der Waals surface area contributed by atoms with E-state index in [-0.39, 0.29) is 30.4 Å². The van der Waals surface area contributed by atoms with Gasteiger partial charge < -0.3 is 15.8 Å². The van der Waals surface area contributed by atoms with Crippen LogP contribution in [0, 0.1) is 0 Å². The number of guanidine groups is 1. The van der Waals surface area contributed by atoms with E-state index in [1.165, 1.54) is 4.52 Å². The molecule has 176 valence electrons. The zero-order valence-corrected chi connectivity index (χ0v) is 19.1. The second kappa shape index (κ2) is 8.99. The Kier molecular flexibility index (Phi) is 5.88. The molecule has 1 saturated heterocycles. The minimum absolute atomic E-state index is 0.0311. The highest BCUT2D eigenvalue weighted by atomic mass is 35.5. The number of aliphatic imine (C=N–C) groups is 1. The van der Waals surface area contributed by atoms with E-state index in [0.717, 1.165) is 0 Å². The number of anilines is 1. The van der Waals surface area contributed by atoms with E-state index in [0.29, 0.717) is 46.9 Å². The molecule has 0 aliphatic carbocycles. The molecule has 5 rings (SSSR count). The van der Waals surface area contributed by atoms with Crippen molar-refractivity contribution in [3.8, 4) is 0 Å². The van der Waals surface area contributed by atoms with Crippen LogP contribution >= 0.6 is 11.6 Å². The largest absolute Gasteiger partial charge is 0.378 e. The van der Waals surface area contributed by atoms with E-state index in [2.05, 4.69) is 25.8 Å². The summed E-state index contributed by atoms with van der Waals surface area (Å²) in [5, 5.41) is 14.4. The lowest BCUT2D eigenvalue weighted by Crippen LogP contribution is -2.53. The fraction of sp³-hybridized carbons (Fsp3) is 0.364. The van der Waals surface area contributed by atoms with E-state index in [9.17, 15) is 9.59 Å². The standard InChI is InChI=1S/C22H23ClN8O3/c1-12-10-13(7-9-34-12)31-18(32)11-17(26-22(31)24)14-4-2-6-16(19(14)23)25-21(33)15-5-3-8-30-20(15)27-28-29-30/h2-6,8,12-13,17H,7,9-11H2,1H3,(H2,24,26)(H,25,33)/t12-,13-,17?/m1/s1. The number of hydrogen-bond donors (Lipinski definition) is 2. The van der Waals surface area contributed by atoms with E-state index >= 15 is 0 Å². The van der Waals surface area contributed by atoms with Crippen molar-refractivity contribution >= 4 is 40.7 Å². The minimum atomic E-state index is -0.547. The number of hydrogen-bond acceptors (Lipinski definition) is 8. The summed E-state index contributed by atoms with van der Waals surface area (Å²) < 4.78 is 6.99. The van der Waals surface area contributed by atoms with Crippen LogP contribution in [0.4, 0.5) is 5.69 Å². The van der Waals surface area contributed by atoms with Crippen LogP contribution < -0.4 is 11.1 Å². The highest BCUT2D eigenvalue weighted by molar-refractivity contribution is 6.35. The highest BCUT2D eigenvalue weighted by Gasteiger charge is 2.36. The number of tetrazole rings is 1. The average molecular weight is 483 g/mol. The molecule has 1 fully saturated rings. The molecule has 0 radical (unpaired) electrons. The first-order chi connectivity index (χ1) is 16.4. The van der Waals surface area contributed by atoms with Crippen molar-refractivity contribution in [2.75, 3.05) is 11.9 Å². The fourth-order valence-corrected chi connectivity index (χ4v) is 4.77. The first-order valence-electron chi connectivity index (χ1n) is 11.0. The summed E-state index contributed by atoms with van der Waals surface area (Å²) in [5.74, 6) is -0.341. The second-order valence-corrected chi connectivity index (χ2v) is 8.74. The Morgan fingerprint density at radius 2 is 2.15 bits per heavy atom. The Morgan fingerprint density at radius 1 is 1.29 bits per heavy atom. The lowest BCUT2D eigenvalue weighted by molar-refractivity contribution is -0.132. The van der Waals surface area contributed by atoms with Gasteiger partial charge in [0.25, 0.3) is 5.91 Å². The summed E-state index contributed by atoms with van der Waals surface area (Å²) >= 11 is 6.66. The number of nitrogens with one attached hydrogen (secondary N) is 1. The van der Waals surface area contributed by atoms with Crippen molar-refractivity contribution in [2.45, 2.75) is 44.4 Å². The first kappa shape index (κ1) is 22.2. The van der Waals surface area contributed by atoms with Gasteiger partial charge in [0.2, 0.25) is 5.91 Å². The molecule has 2 amide bonds. The number of halogens is 1. The molecular weight excluding hydrogens is 460 g/mol. The van der Waals surface area contributed by atoms with Crippen LogP contribution in [-0.2, 0) is 9.53 Å². The van der Waals surface area contributed by atoms with Gasteiger partial charge in [-0.1, -0.05) is 23.7 Å². The number of benzene rings is 1. The lowest BCUT2D eigenvalue weighted by Gasteiger charge is -2.38. The molecular formula is C22H23ClN8O3. The highest BCUT2D eigenvalue weighted by Crippen LogP contribution is 2.36. The molecule has 3 N–H and O–H groups in total. The number of carbonyl (C=O) groups is 2. The number of nitrogens with zero attached hydrogens (tertiary/aromatic N) is 6. The van der Waals surface area contributed by atoms with E-state index in [1.807, 2.05) is 6.92 Å². The smallest absolute Gasteiger partial charge is 0.259 e. The number of nitrogens with two attached hydrogens (primary N) is 1. The molecule has 4 heterocycles. The molecule has 1 unspecified atom stereocenters. The van der Waals surface area contributed by atoms with Gasteiger partial charge in [-0.05, 0) is 54.0 Å². The SMILES string of the molecule is C[C@@H]1C[C@H](N2C(=O)CC(c3cccc(NC(=O)c4cccn5nnnc45)c3Cl)N=C2N)CCO1. The number of fused-ring (bicyclic) bond motifs is 1. The maximum atomic E-state index is 13.0. The number of amides is 2. The van der Waals surface area contributed by atoms with E-state index in [1.54, 1.807) is 41.4 Å². The molecule has 0 spiro atoms. The van der Waals surface area contributed by atoms with Crippen molar-refractivity contribution in [1.29, 1.82) is 0 Å². The van der Waals surface area contributed by atoms with Crippen LogP contribution in [0.1, 0.15) is 48.1 Å². The maximum Gasteiger partial charge on any atom is 0.259 e. The zero-order chi connectivity index (χ0) is 23.8. The monoisotopic (exact) mass is 482 g/mol. The van der Waals surface area contributed by atoms with Gasteiger partial charge in [0.15, 0.2) is 11.6 Å². The summed E-state index contributed by atoms with van der Waals surface area (Å²) in [6, 6.07) is 7.92. The topological polar surface area (TPSA) is 140 Å². The van der Waals surface area contributed by atoms with Gasteiger partial charge in [-0.3, -0.25) is 14.5 Å². The average Bonchev–Trinajstić information content (AvgIpc) is 3.29. The van der Waals surface area contributed by atoms with Crippen molar-refractivity contribution in [2.24, 2.45) is 10.7 Å². The van der Waals surface area contributed by atoms with Crippen molar-refractivity contribution in [1.82, 2.24) is 24.9 Å². The molecule has 3 atom stereocenters. The van der Waals surface area contributed by atoms with Gasteiger partial charge in [0.05, 0.1) is 34.8 Å². The molecule has 11 nitrogen and oxygen atoms in total. The van der Waals surface area contributed by atoms with Crippen LogP contribution in [0.25, 0.3) is 5.65 Å². The summed E-state index contributed by atoms with van der Waals surface area (Å²) in [7, 11) is 0. The molecule has 2 aliphatic rings. The molecule has 12 heteroatoms. The van der Waals surface area contributed by atoms with Crippen molar-refractivity contribution < 1.29 is 14.3 Å². The summed E-state index contributed by atoms with van der Waals surface area (Å²) in [6.07, 6.45) is 3.27. The quantitative estimate of drug-likeness (QED) is 0.580. The third-order valence-corrected chi connectivity index (χ3v) is 6.52. The summed E-state index contributed by atoms with van der Waals surface area (Å²) in [4.78, 5) is 32.1. The van der Waals surface area contributed by atoms with Crippen molar-refractivity contribution in [3.63, 3.8) is 0 Å². The van der Waals surface area contributed by atoms with E-state index < -0.39 is 11.9 Å². The Bertz CT molecular complexity index is 1290. The summed E-state index contributed by atoms with van der Waals surface area (Å²) in [6.45, 7) is 2.56. The number of pyridine rings is 1. The number of ether oxygens (including phenoxy) is 1. The van der Waals surface area contributed by atoms with Crippen LogP contribution in [0.3, 0.4) is 0 Å². The van der Waals surface area contributed by atoms with Crippen LogP contribution in [0.2, 0.25) is 5.02 Å². The number of carbonyl (C=O) groups excluding carboxylic acids is 2. The molecule has 34 heavy (non-hydrogen) atoms. The normalized spacial score (nSPS) is 23.1. The van der Waals surface area contributed by atoms with Gasteiger partial charge in [0.1, 0.15) is 0 Å². The Hall–Kier alpha value is -3.57. The molecule has 2 aliphatic heterocycles. The molecule has 0 bridgehead atoms. The lowest BCUT2D eigenvalue weighted by atomic mass is 9.98. The molecule has 0 saturated carbocycles. The van der Waals surface area contributed by atoms with Crippen LogP contribution in [-0.4, -0.2) is 61.5 Å². The number of rotatable bonds is 4. The Balaban J connectivity index is 1.39. The van der Waals surface area contributed by atoms with Gasteiger partial charge in [-0.15, -0.1) is 5.10 Å².